The Hall–Kier alpha value is -0.500. The van der Waals surface area contributed by atoms with Crippen LogP contribution in [0.2, 0.25) is 5.02 Å². The fourth-order valence-electron chi connectivity index (χ4n) is 1.61. The van der Waals surface area contributed by atoms with Gasteiger partial charge in [-0.25, -0.2) is 8.42 Å². The van der Waals surface area contributed by atoms with Gasteiger partial charge in [0.2, 0.25) is 0 Å². The van der Waals surface area contributed by atoms with Crippen LogP contribution in [0.15, 0.2) is 21.5 Å². The summed E-state index contributed by atoms with van der Waals surface area (Å²) >= 11 is 9.13. The number of benzene rings is 1. The SMILES string of the molecule is CC(Oc1c(Cl)cc(Br)cc1S(=O)(=O)Cl)C(=O)NC1CC1. The third-order valence-electron chi connectivity index (χ3n) is 2.82. The van der Waals surface area contributed by atoms with Crippen LogP contribution in [0.5, 0.6) is 5.75 Å². The van der Waals surface area contributed by atoms with E-state index in [9.17, 15) is 13.2 Å². The lowest BCUT2D eigenvalue weighted by Crippen LogP contribution is -2.37. The summed E-state index contributed by atoms with van der Waals surface area (Å²) in [6.45, 7) is 1.51. The van der Waals surface area contributed by atoms with Crippen molar-refractivity contribution in [2.45, 2.75) is 36.8 Å². The Kier molecular flexibility index (Phi) is 5.07. The molecule has 5 nitrogen and oxygen atoms in total. The van der Waals surface area contributed by atoms with E-state index in [1.165, 1.54) is 19.1 Å². The van der Waals surface area contributed by atoms with Crippen molar-refractivity contribution < 1.29 is 17.9 Å². The summed E-state index contributed by atoms with van der Waals surface area (Å²) in [5.41, 5.74) is 0. The second-order valence-corrected chi connectivity index (χ2v) is 8.55. The van der Waals surface area contributed by atoms with Gasteiger partial charge in [0.1, 0.15) is 4.90 Å². The molecule has 21 heavy (non-hydrogen) atoms. The summed E-state index contributed by atoms with van der Waals surface area (Å²) in [5.74, 6) is -0.456. The number of carbonyl (C=O) groups is 1. The second-order valence-electron chi connectivity index (χ2n) is 4.70. The van der Waals surface area contributed by atoms with Gasteiger partial charge < -0.3 is 10.1 Å². The molecule has 9 heteroatoms. The third-order valence-corrected chi connectivity index (χ3v) is 4.89. The van der Waals surface area contributed by atoms with E-state index in [1.54, 1.807) is 0 Å². The minimum absolute atomic E-state index is 0.0506. The normalized spacial score (nSPS) is 16.4. The van der Waals surface area contributed by atoms with E-state index >= 15 is 0 Å². The van der Waals surface area contributed by atoms with Crippen LogP contribution >= 0.6 is 38.2 Å². The lowest BCUT2D eigenvalue weighted by atomic mass is 10.3. The Balaban J connectivity index is 2.27. The first kappa shape index (κ1) is 16.9. The quantitative estimate of drug-likeness (QED) is 0.748. The zero-order valence-electron chi connectivity index (χ0n) is 10.9. The van der Waals surface area contributed by atoms with Gasteiger partial charge in [-0.1, -0.05) is 27.5 Å². The Morgan fingerprint density at radius 2 is 2.10 bits per heavy atom. The molecule has 2 rings (SSSR count). The third kappa shape index (κ3) is 4.48. The zero-order chi connectivity index (χ0) is 15.8. The molecule has 0 radical (unpaired) electrons. The first-order valence-electron chi connectivity index (χ1n) is 6.09. The Morgan fingerprint density at radius 1 is 1.48 bits per heavy atom. The molecule has 1 N–H and O–H groups in total. The summed E-state index contributed by atoms with van der Waals surface area (Å²) < 4.78 is 29.1. The van der Waals surface area contributed by atoms with E-state index in [0.29, 0.717) is 4.47 Å². The molecule has 0 saturated heterocycles. The summed E-state index contributed by atoms with van der Waals surface area (Å²) in [7, 11) is 1.32. The van der Waals surface area contributed by atoms with Crippen molar-refractivity contribution in [3.63, 3.8) is 0 Å². The highest BCUT2D eigenvalue weighted by Crippen LogP contribution is 2.37. The molecule has 0 bridgehead atoms. The summed E-state index contributed by atoms with van der Waals surface area (Å²) in [6, 6.07) is 2.92. The van der Waals surface area contributed by atoms with E-state index in [2.05, 4.69) is 21.2 Å². The maximum Gasteiger partial charge on any atom is 0.265 e. The first-order chi connectivity index (χ1) is 9.68. The van der Waals surface area contributed by atoms with Gasteiger partial charge in [-0.05, 0) is 31.9 Å². The van der Waals surface area contributed by atoms with Crippen molar-refractivity contribution in [2.24, 2.45) is 0 Å². The minimum Gasteiger partial charge on any atom is -0.478 e. The predicted octanol–water partition coefficient (Wildman–Crippen LogP) is 3.08. The maximum atomic E-state index is 11.9. The zero-order valence-corrected chi connectivity index (χ0v) is 14.8. The van der Waals surface area contributed by atoms with Crippen molar-refractivity contribution in [3.8, 4) is 5.75 Å². The summed E-state index contributed by atoms with van der Waals surface area (Å²) in [6.07, 6.45) is 0.999. The van der Waals surface area contributed by atoms with Gasteiger partial charge in [-0.2, -0.15) is 0 Å². The molecule has 1 aliphatic rings. The lowest BCUT2D eigenvalue weighted by Gasteiger charge is -2.17. The van der Waals surface area contributed by atoms with Gasteiger partial charge in [0.05, 0.1) is 5.02 Å². The standard InChI is InChI=1S/C12H12BrCl2NO4S/c1-6(12(17)16-8-2-3-8)20-11-9(14)4-7(13)5-10(11)21(15,18)19/h4-6,8H,2-3H2,1H3,(H,16,17). The average molecular weight is 417 g/mol. The second kappa shape index (κ2) is 6.32. The summed E-state index contributed by atoms with van der Waals surface area (Å²) in [4.78, 5) is 11.6. The Labute approximate surface area is 140 Å². The van der Waals surface area contributed by atoms with E-state index in [-0.39, 0.29) is 27.6 Å². The van der Waals surface area contributed by atoms with E-state index in [0.717, 1.165) is 12.8 Å². The molecular weight excluding hydrogens is 405 g/mol. The monoisotopic (exact) mass is 415 g/mol. The number of hydrogen-bond acceptors (Lipinski definition) is 4. The van der Waals surface area contributed by atoms with E-state index in [4.69, 9.17) is 27.0 Å². The molecule has 1 aliphatic carbocycles. The molecule has 0 heterocycles. The van der Waals surface area contributed by atoms with E-state index in [1.807, 2.05) is 0 Å². The van der Waals surface area contributed by atoms with Crippen LogP contribution in [0, 0.1) is 0 Å². The van der Waals surface area contributed by atoms with Crippen LogP contribution in [0.1, 0.15) is 19.8 Å². The average Bonchev–Trinajstić information content (AvgIpc) is 3.14. The molecule has 1 unspecified atom stereocenters. The van der Waals surface area contributed by atoms with Crippen LogP contribution in [-0.4, -0.2) is 26.5 Å². The van der Waals surface area contributed by atoms with Crippen molar-refractivity contribution >= 4 is 53.2 Å². The fraction of sp³-hybridized carbons (Fsp3) is 0.417. The highest BCUT2D eigenvalue weighted by atomic mass is 79.9. The van der Waals surface area contributed by atoms with Crippen molar-refractivity contribution in [1.29, 1.82) is 0 Å². The molecular formula is C12H12BrCl2NO4S. The topological polar surface area (TPSA) is 72.5 Å². The number of carbonyl (C=O) groups excluding carboxylic acids is 1. The molecule has 1 atom stereocenters. The largest absolute Gasteiger partial charge is 0.478 e. The predicted molar refractivity (Wildman–Crippen MR) is 83.4 cm³/mol. The molecule has 1 fully saturated rings. The molecule has 0 spiro atoms. The smallest absolute Gasteiger partial charge is 0.265 e. The van der Waals surface area contributed by atoms with Crippen LogP contribution < -0.4 is 10.1 Å². The fourth-order valence-corrected chi connectivity index (χ4v) is 3.66. The number of rotatable bonds is 5. The number of amides is 1. The maximum absolute atomic E-state index is 11.9. The molecule has 0 aromatic heterocycles. The Morgan fingerprint density at radius 3 is 2.62 bits per heavy atom. The van der Waals surface area contributed by atoms with Crippen LogP contribution in [0.3, 0.4) is 0 Å². The molecule has 1 amide bonds. The molecule has 116 valence electrons. The number of halogens is 3. The van der Waals surface area contributed by atoms with Crippen molar-refractivity contribution in [2.75, 3.05) is 0 Å². The lowest BCUT2D eigenvalue weighted by molar-refractivity contribution is -0.127. The molecule has 1 saturated carbocycles. The number of nitrogens with one attached hydrogen (secondary N) is 1. The van der Waals surface area contributed by atoms with E-state index < -0.39 is 15.2 Å². The van der Waals surface area contributed by atoms with Gasteiger partial charge in [-0.3, -0.25) is 4.79 Å². The first-order valence-corrected chi connectivity index (χ1v) is 9.57. The minimum atomic E-state index is -4.06. The highest BCUT2D eigenvalue weighted by molar-refractivity contribution is 9.10. The van der Waals surface area contributed by atoms with Gasteiger partial charge in [0, 0.05) is 21.2 Å². The molecule has 1 aromatic rings. The van der Waals surface area contributed by atoms with Crippen molar-refractivity contribution in [3.05, 3.63) is 21.6 Å². The van der Waals surface area contributed by atoms with Crippen LogP contribution in [0.25, 0.3) is 0 Å². The molecule has 1 aromatic carbocycles. The van der Waals surface area contributed by atoms with Gasteiger partial charge in [0.25, 0.3) is 15.0 Å². The van der Waals surface area contributed by atoms with Gasteiger partial charge in [-0.15, -0.1) is 0 Å². The number of hydrogen-bond donors (Lipinski definition) is 1. The van der Waals surface area contributed by atoms with Crippen LogP contribution in [0.4, 0.5) is 0 Å². The van der Waals surface area contributed by atoms with Gasteiger partial charge in [0.15, 0.2) is 11.9 Å². The molecule has 0 aliphatic heterocycles. The van der Waals surface area contributed by atoms with Crippen molar-refractivity contribution in [1.82, 2.24) is 5.32 Å². The Bertz CT molecular complexity index is 676. The van der Waals surface area contributed by atoms with Crippen LogP contribution in [-0.2, 0) is 13.8 Å². The summed E-state index contributed by atoms with van der Waals surface area (Å²) in [5, 5.41) is 2.81. The van der Waals surface area contributed by atoms with Gasteiger partial charge >= 0.3 is 0 Å². The number of ether oxygens (including phenoxy) is 1. The highest BCUT2D eigenvalue weighted by Gasteiger charge is 2.28.